The van der Waals surface area contributed by atoms with Crippen LogP contribution in [0.4, 0.5) is 14.5 Å². The second-order valence-electron chi connectivity index (χ2n) is 9.90. The molecule has 0 aliphatic carbocycles. The highest BCUT2D eigenvalue weighted by Crippen LogP contribution is 2.39. The molecule has 14 heteroatoms. The minimum atomic E-state index is -1.25. The van der Waals surface area contributed by atoms with Crippen molar-refractivity contribution >= 4 is 23.3 Å². The van der Waals surface area contributed by atoms with Gasteiger partial charge in [0.25, 0.3) is 11.8 Å². The van der Waals surface area contributed by atoms with Crippen molar-refractivity contribution in [3.05, 3.63) is 65.2 Å². The van der Waals surface area contributed by atoms with Crippen molar-refractivity contribution in [3.8, 4) is 29.0 Å². The van der Waals surface area contributed by atoms with Gasteiger partial charge >= 0.3 is 5.97 Å². The number of carbonyl (C=O) groups excluding carboxylic acids is 1. The Bertz CT molecular complexity index is 1590. The number of benzene rings is 2. The van der Waals surface area contributed by atoms with Gasteiger partial charge in [0, 0.05) is 31.3 Å². The lowest BCUT2D eigenvalue weighted by Crippen LogP contribution is -2.41. The molecule has 1 aromatic heterocycles. The number of halogens is 2. The van der Waals surface area contributed by atoms with E-state index in [2.05, 4.69) is 15.4 Å². The summed E-state index contributed by atoms with van der Waals surface area (Å²) in [5.41, 5.74) is 8.45. The van der Waals surface area contributed by atoms with Crippen LogP contribution in [0.15, 0.2) is 47.5 Å². The Morgan fingerprint density at radius 3 is 2.63 bits per heavy atom. The molecule has 1 fully saturated rings. The Kier molecular flexibility index (Phi) is 8.57. The lowest BCUT2D eigenvalue weighted by Gasteiger charge is -2.25. The number of aromatic nitrogens is 1. The van der Waals surface area contributed by atoms with Crippen molar-refractivity contribution in [1.29, 1.82) is 5.41 Å². The number of phenols is 1. The van der Waals surface area contributed by atoms with Gasteiger partial charge in [-0.05, 0) is 50.1 Å². The summed E-state index contributed by atoms with van der Waals surface area (Å²) in [6, 6.07) is 9.80. The summed E-state index contributed by atoms with van der Waals surface area (Å²) in [4.78, 5) is 22.9. The largest absolute Gasteiger partial charge is 0.504 e. The number of rotatable bonds is 10. The van der Waals surface area contributed by atoms with Crippen molar-refractivity contribution < 1.29 is 32.9 Å². The zero-order valence-electron chi connectivity index (χ0n) is 23.6. The number of nitrogens with zero attached hydrogens (tertiary/aromatic N) is 4. The van der Waals surface area contributed by atoms with Gasteiger partial charge in [-0.15, -0.1) is 0 Å². The number of aromatic hydroxyl groups is 1. The minimum absolute atomic E-state index is 0.154. The molecule has 1 unspecified atom stereocenters. The lowest BCUT2D eigenvalue weighted by molar-refractivity contribution is -0.147. The molecule has 5 rings (SSSR count). The van der Waals surface area contributed by atoms with Crippen LogP contribution in [0.3, 0.4) is 0 Å². The number of hydrogen-bond donors (Lipinski definition) is 4. The van der Waals surface area contributed by atoms with Crippen LogP contribution in [-0.2, 0) is 9.53 Å². The van der Waals surface area contributed by atoms with Crippen LogP contribution in [0.5, 0.6) is 29.0 Å². The number of likely N-dealkylation sites (N-methyl/N-ethyl adjacent to an activating group) is 1. The average Bonchev–Trinajstić information content (AvgIpc) is 3.63. The third-order valence-corrected chi connectivity index (χ3v) is 6.93. The molecule has 12 nitrogen and oxygen atoms in total. The molecule has 0 saturated carbocycles. The number of ether oxygens (including phenoxy) is 3. The zero-order valence-corrected chi connectivity index (χ0v) is 23.6. The first kappa shape index (κ1) is 29.5. The molecule has 0 radical (unpaired) electrons. The van der Waals surface area contributed by atoms with Gasteiger partial charge in [0.1, 0.15) is 29.1 Å². The van der Waals surface area contributed by atoms with Crippen LogP contribution in [0.1, 0.15) is 30.9 Å². The Balaban J connectivity index is 1.54. The van der Waals surface area contributed by atoms with Crippen LogP contribution in [0, 0.1) is 17.0 Å². The van der Waals surface area contributed by atoms with E-state index in [0.29, 0.717) is 25.9 Å². The number of nitrogens with two attached hydrogens (primary N) is 1. The number of carbonyl (C=O) groups is 1. The molecule has 0 amide bonds. The number of nitrogen functional groups attached to an aromatic ring is 1. The van der Waals surface area contributed by atoms with Gasteiger partial charge in [0.05, 0.1) is 13.2 Å². The SMILES string of the molecule is CCOC(=O)C1CCCN1Nc1c(F)c(Oc2cccc(C3=NCCN3C)c2)nc(Oc2cc(C(=N)N)ccc2O)c1F. The molecule has 226 valence electrons. The maximum atomic E-state index is 16.0. The van der Waals surface area contributed by atoms with Gasteiger partial charge in [-0.1, -0.05) is 12.1 Å². The van der Waals surface area contributed by atoms with Gasteiger partial charge < -0.3 is 35.4 Å². The second-order valence-corrected chi connectivity index (χ2v) is 9.90. The Morgan fingerprint density at radius 1 is 1.16 bits per heavy atom. The second kappa shape index (κ2) is 12.5. The van der Waals surface area contributed by atoms with Gasteiger partial charge in [0.2, 0.25) is 11.6 Å². The van der Waals surface area contributed by atoms with Gasteiger partial charge in [-0.3, -0.25) is 15.2 Å². The first-order valence-corrected chi connectivity index (χ1v) is 13.6. The molecular formula is C29H31F2N7O5. The monoisotopic (exact) mass is 595 g/mol. The van der Waals surface area contributed by atoms with Crippen molar-refractivity contribution in [2.75, 3.05) is 38.7 Å². The summed E-state index contributed by atoms with van der Waals surface area (Å²) in [6.45, 7) is 3.52. The predicted octanol–water partition coefficient (Wildman–Crippen LogP) is 3.98. The molecule has 0 bridgehead atoms. The number of pyridine rings is 1. The van der Waals surface area contributed by atoms with Crippen LogP contribution in [0.25, 0.3) is 0 Å². The third-order valence-electron chi connectivity index (χ3n) is 6.93. The molecule has 1 atom stereocenters. The Labute approximate surface area is 246 Å². The van der Waals surface area contributed by atoms with Crippen LogP contribution < -0.4 is 20.6 Å². The summed E-state index contributed by atoms with van der Waals surface area (Å²) in [6.07, 6.45) is 0.998. The molecule has 0 spiro atoms. The van der Waals surface area contributed by atoms with Crippen molar-refractivity contribution in [3.63, 3.8) is 0 Å². The van der Waals surface area contributed by atoms with E-state index >= 15 is 8.78 Å². The highest BCUT2D eigenvalue weighted by molar-refractivity contribution is 6.00. The number of esters is 1. The van der Waals surface area contributed by atoms with Gasteiger partial charge in [-0.25, -0.2) is 5.01 Å². The van der Waals surface area contributed by atoms with E-state index in [0.717, 1.165) is 17.9 Å². The van der Waals surface area contributed by atoms with Crippen molar-refractivity contribution in [1.82, 2.24) is 14.9 Å². The normalized spacial score (nSPS) is 16.6. The predicted molar refractivity (Wildman–Crippen MR) is 154 cm³/mol. The summed E-state index contributed by atoms with van der Waals surface area (Å²) >= 11 is 0. The fraction of sp³-hybridized carbons (Fsp3) is 0.310. The van der Waals surface area contributed by atoms with E-state index in [1.54, 1.807) is 25.1 Å². The molecule has 2 aromatic carbocycles. The standard InChI is InChI=1S/C29H31F2N7O5/c1-3-41-29(40)19-8-5-12-38(19)36-24-22(30)27(42-18-7-4-6-17(14-18)26-34-11-13-37(26)2)35-28(23(24)31)43-21-15-16(25(32)33)9-10-20(21)39/h4,6-7,9-10,14-15,19,39H,3,5,8,11-13H2,1-2H3,(H3,32,33)(H,35,36). The topological polar surface area (TPSA) is 159 Å². The van der Waals surface area contributed by atoms with Crippen LogP contribution in [-0.4, -0.2) is 77.0 Å². The molecule has 43 heavy (non-hydrogen) atoms. The highest BCUT2D eigenvalue weighted by atomic mass is 19.1. The fourth-order valence-corrected chi connectivity index (χ4v) is 4.78. The number of aliphatic imine (C=N–C) groups is 1. The Hall–Kier alpha value is -4.98. The smallest absolute Gasteiger partial charge is 0.325 e. The third kappa shape index (κ3) is 6.28. The first-order chi connectivity index (χ1) is 20.7. The van der Waals surface area contributed by atoms with E-state index < -0.39 is 46.8 Å². The molecular weight excluding hydrogens is 564 g/mol. The lowest BCUT2D eigenvalue weighted by atomic mass is 10.2. The quantitative estimate of drug-likeness (QED) is 0.153. The number of hydrogen-bond acceptors (Lipinski definition) is 11. The number of anilines is 1. The first-order valence-electron chi connectivity index (χ1n) is 13.6. The molecule has 3 aromatic rings. The van der Waals surface area contributed by atoms with Gasteiger partial charge in [0.15, 0.2) is 11.5 Å². The number of nitrogens with one attached hydrogen (secondary N) is 2. The van der Waals surface area contributed by atoms with Gasteiger partial charge in [-0.2, -0.15) is 13.8 Å². The van der Waals surface area contributed by atoms with E-state index in [4.69, 9.17) is 25.4 Å². The summed E-state index contributed by atoms with van der Waals surface area (Å²) in [5, 5.41) is 19.4. The van der Waals surface area contributed by atoms with Crippen molar-refractivity contribution in [2.45, 2.75) is 25.8 Å². The van der Waals surface area contributed by atoms with Crippen LogP contribution in [0.2, 0.25) is 0 Å². The van der Waals surface area contributed by atoms with E-state index in [1.165, 1.54) is 23.2 Å². The zero-order chi connectivity index (χ0) is 30.7. The average molecular weight is 596 g/mol. The number of hydrazine groups is 1. The fourth-order valence-electron chi connectivity index (χ4n) is 4.78. The molecule has 5 N–H and O–H groups in total. The molecule has 2 aliphatic heterocycles. The van der Waals surface area contributed by atoms with E-state index in [9.17, 15) is 9.90 Å². The summed E-state index contributed by atoms with van der Waals surface area (Å²) in [5.74, 6) is -4.39. The van der Waals surface area contributed by atoms with E-state index in [1.807, 2.05) is 18.0 Å². The molecule has 1 saturated heterocycles. The maximum absolute atomic E-state index is 16.0. The van der Waals surface area contributed by atoms with Crippen LogP contribution >= 0.6 is 0 Å². The number of amidine groups is 2. The molecule has 2 aliphatic rings. The highest BCUT2D eigenvalue weighted by Gasteiger charge is 2.35. The maximum Gasteiger partial charge on any atom is 0.325 e. The number of phenolic OH excluding ortho intramolecular Hbond substituents is 1. The Morgan fingerprint density at radius 2 is 1.93 bits per heavy atom. The minimum Gasteiger partial charge on any atom is -0.504 e. The molecule has 3 heterocycles. The summed E-state index contributed by atoms with van der Waals surface area (Å²) < 4.78 is 48.4. The van der Waals surface area contributed by atoms with E-state index in [-0.39, 0.29) is 29.5 Å². The van der Waals surface area contributed by atoms with Crippen molar-refractivity contribution in [2.24, 2.45) is 10.7 Å². The summed E-state index contributed by atoms with van der Waals surface area (Å²) in [7, 11) is 1.90.